The molecule has 0 saturated heterocycles. The van der Waals surface area contributed by atoms with Crippen LogP contribution in [-0.4, -0.2) is 4.57 Å². The molecule has 2 aromatic heterocycles. The Morgan fingerprint density at radius 2 is 0.951 bits per heavy atom. The normalized spacial score (nSPS) is 12.5. The molecule has 0 aliphatic rings. The summed E-state index contributed by atoms with van der Waals surface area (Å²) in [6, 6.07) is 68.9. The van der Waals surface area contributed by atoms with Gasteiger partial charge in [0.2, 0.25) is 0 Å². The highest BCUT2D eigenvalue weighted by molar-refractivity contribution is 6.18. The smallest absolute Gasteiger partial charge is 0.143 e. The van der Waals surface area contributed by atoms with Crippen molar-refractivity contribution >= 4 is 71.6 Å². The number of furan rings is 1. The van der Waals surface area contributed by atoms with Crippen molar-refractivity contribution in [3.05, 3.63) is 230 Å². The topological polar surface area (TPSA) is 21.3 Å². The van der Waals surface area contributed by atoms with E-state index in [-0.39, 0.29) is 35.4 Å². The lowest BCUT2D eigenvalue weighted by Gasteiger charge is -2.28. The fourth-order valence-corrected chi connectivity index (χ4v) is 9.08. The Balaban J connectivity index is 1.07. The number of fused-ring (bicyclic) bond motifs is 8. The Morgan fingerprint density at radius 3 is 1.72 bits per heavy atom. The van der Waals surface area contributed by atoms with Crippen molar-refractivity contribution in [3.63, 3.8) is 0 Å². The molecule has 0 spiro atoms. The van der Waals surface area contributed by atoms with Crippen LogP contribution < -0.4 is 4.90 Å². The Bertz CT molecular complexity index is 3750. The summed E-state index contributed by atoms with van der Waals surface area (Å²) in [7, 11) is 0. The number of nitrogens with zero attached hydrogens (tertiary/aromatic N) is 2. The molecule has 3 nitrogen and oxygen atoms in total. The maximum Gasteiger partial charge on any atom is 0.143 e. The molecular formula is C58H38N2O. The van der Waals surface area contributed by atoms with Crippen molar-refractivity contribution in [1.82, 2.24) is 4.57 Å². The van der Waals surface area contributed by atoms with Crippen LogP contribution in [0.2, 0.25) is 0 Å². The molecule has 0 bridgehead atoms. The third-order valence-corrected chi connectivity index (χ3v) is 11.9. The molecule has 0 aliphatic carbocycles. The summed E-state index contributed by atoms with van der Waals surface area (Å²) in [6.45, 7) is 0. The first kappa shape index (κ1) is 30.9. The fraction of sp³-hybridized carbons (Fsp3) is 0. The second-order valence-corrected chi connectivity index (χ2v) is 15.3. The van der Waals surface area contributed by atoms with E-state index in [1.54, 1.807) is 0 Å². The third-order valence-electron chi connectivity index (χ3n) is 11.9. The number of benzene rings is 10. The Morgan fingerprint density at radius 1 is 0.361 bits per heavy atom. The van der Waals surface area contributed by atoms with E-state index < -0.39 is 0 Å². The molecule has 61 heavy (non-hydrogen) atoms. The first-order valence-corrected chi connectivity index (χ1v) is 20.5. The quantitative estimate of drug-likeness (QED) is 0.161. The van der Waals surface area contributed by atoms with Crippen LogP contribution in [0.25, 0.3) is 93.6 Å². The van der Waals surface area contributed by atoms with Crippen molar-refractivity contribution in [1.29, 1.82) is 0 Å². The van der Waals surface area contributed by atoms with Gasteiger partial charge in [0.1, 0.15) is 11.2 Å². The van der Waals surface area contributed by atoms with Crippen LogP contribution >= 0.6 is 0 Å². The van der Waals surface area contributed by atoms with Gasteiger partial charge in [-0.05, 0) is 76.6 Å². The highest BCUT2D eigenvalue weighted by Gasteiger charge is 2.22. The number of rotatable bonds is 7. The number of para-hydroxylation sites is 5. The average Bonchev–Trinajstić information content (AvgIpc) is 3.92. The van der Waals surface area contributed by atoms with Gasteiger partial charge in [-0.2, -0.15) is 0 Å². The molecule has 0 N–H and O–H groups in total. The summed E-state index contributed by atoms with van der Waals surface area (Å²) in [5.74, 6) is 0. The van der Waals surface area contributed by atoms with E-state index in [9.17, 15) is 5.48 Å². The van der Waals surface area contributed by atoms with Crippen LogP contribution in [-0.2, 0) is 0 Å². The molecule has 0 unspecified atom stereocenters. The van der Waals surface area contributed by atoms with Gasteiger partial charge in [-0.15, -0.1) is 0 Å². The number of hydrogen-bond acceptors (Lipinski definition) is 2. The minimum atomic E-state index is -0.145. The molecule has 10 aromatic carbocycles. The Kier molecular flexibility index (Phi) is 7.24. The lowest BCUT2D eigenvalue weighted by molar-refractivity contribution is 0.674. The third kappa shape index (κ3) is 5.74. The van der Waals surface area contributed by atoms with Gasteiger partial charge in [-0.3, -0.25) is 0 Å². The lowest BCUT2D eigenvalue weighted by Crippen LogP contribution is -2.11. The fourth-order valence-electron chi connectivity index (χ4n) is 9.08. The van der Waals surface area contributed by atoms with Gasteiger partial charge in [0, 0.05) is 55.0 Å². The minimum Gasteiger partial charge on any atom is -0.455 e. The highest BCUT2D eigenvalue weighted by Crippen LogP contribution is 2.46. The number of anilines is 3. The van der Waals surface area contributed by atoms with Crippen molar-refractivity contribution in [2.24, 2.45) is 0 Å². The molecule has 2 heterocycles. The molecular weight excluding hydrogens is 741 g/mol. The van der Waals surface area contributed by atoms with Crippen LogP contribution in [0.4, 0.5) is 17.1 Å². The summed E-state index contributed by atoms with van der Waals surface area (Å²) < 4.78 is 47.3. The summed E-state index contributed by atoms with van der Waals surface area (Å²) in [5, 5.41) is 6.50. The van der Waals surface area contributed by atoms with E-state index in [0.717, 1.165) is 71.7 Å². The van der Waals surface area contributed by atoms with Gasteiger partial charge < -0.3 is 13.9 Å². The zero-order chi connectivity index (χ0) is 43.8. The standard InChI is InChI=1S/C58H38N2O/c1-2-15-39(16-3-1)40-29-34-43(35-30-40)59(54-26-11-9-22-49(54)50-23-14-24-51-52-38-33-41-17-4-5-19-46(41)57(52)61-58(50)51)44-36-31-42(32-37-44)45-18-6-10-25-53(45)60-55-27-12-7-20-47(55)48-21-8-13-28-56(48)60/h1-38H/i29D,30D,34D,35D. The SMILES string of the molecule is [2H]c1c([2H])c(N(c2ccc(-c3ccccc3-n3c4ccccc4c4ccccc43)cc2)c2ccccc2-c2cccc3c2oc2c4ccccc4ccc32)c([2H])c([2H])c1-c1ccccc1. The van der Waals surface area contributed by atoms with Crippen LogP contribution in [0.5, 0.6) is 0 Å². The van der Waals surface area contributed by atoms with Gasteiger partial charge in [-0.1, -0.05) is 176 Å². The molecule has 0 fully saturated rings. The zero-order valence-electron chi connectivity index (χ0n) is 36.9. The molecule has 12 aromatic rings. The predicted molar refractivity (Wildman–Crippen MR) is 257 cm³/mol. The molecule has 0 amide bonds. The van der Waals surface area contributed by atoms with Gasteiger partial charge >= 0.3 is 0 Å². The Labute approximate surface area is 359 Å². The predicted octanol–water partition coefficient (Wildman–Crippen LogP) is 16.3. The summed E-state index contributed by atoms with van der Waals surface area (Å²) in [4.78, 5) is 1.88. The highest BCUT2D eigenvalue weighted by atomic mass is 16.3. The number of hydrogen-bond donors (Lipinski definition) is 0. The van der Waals surface area contributed by atoms with Crippen molar-refractivity contribution in [2.75, 3.05) is 4.90 Å². The molecule has 3 heteroatoms. The molecule has 0 atom stereocenters. The summed E-state index contributed by atoms with van der Waals surface area (Å²) in [5.41, 5.74) is 10.9. The van der Waals surface area contributed by atoms with Crippen LogP contribution in [0, 0.1) is 0 Å². The zero-order valence-corrected chi connectivity index (χ0v) is 32.9. The van der Waals surface area contributed by atoms with Gasteiger partial charge in [-0.25, -0.2) is 0 Å². The molecule has 0 saturated carbocycles. The monoisotopic (exact) mass is 782 g/mol. The molecule has 0 radical (unpaired) electrons. The maximum atomic E-state index is 9.67. The van der Waals surface area contributed by atoms with Crippen molar-refractivity contribution < 1.29 is 9.90 Å². The van der Waals surface area contributed by atoms with Crippen LogP contribution in [0.1, 0.15) is 5.48 Å². The van der Waals surface area contributed by atoms with Gasteiger partial charge in [0.25, 0.3) is 0 Å². The van der Waals surface area contributed by atoms with Crippen LogP contribution in [0.15, 0.2) is 235 Å². The maximum absolute atomic E-state index is 9.67. The largest absolute Gasteiger partial charge is 0.455 e. The minimum absolute atomic E-state index is 0.113. The van der Waals surface area contributed by atoms with Crippen molar-refractivity contribution in [3.8, 4) is 39.1 Å². The van der Waals surface area contributed by atoms with Gasteiger partial charge in [0.05, 0.1) is 27.9 Å². The summed E-state index contributed by atoms with van der Waals surface area (Å²) in [6.07, 6.45) is 0. The van der Waals surface area contributed by atoms with E-state index in [0.29, 0.717) is 16.9 Å². The second-order valence-electron chi connectivity index (χ2n) is 15.3. The average molecular weight is 783 g/mol. The molecule has 286 valence electrons. The van der Waals surface area contributed by atoms with E-state index >= 15 is 0 Å². The van der Waals surface area contributed by atoms with Gasteiger partial charge in [0.15, 0.2) is 0 Å². The first-order chi connectivity index (χ1) is 32.0. The van der Waals surface area contributed by atoms with Crippen molar-refractivity contribution in [2.45, 2.75) is 0 Å². The number of aromatic nitrogens is 1. The second kappa shape index (κ2) is 14.3. The van der Waals surface area contributed by atoms with E-state index in [2.05, 4.69) is 120 Å². The van der Waals surface area contributed by atoms with E-state index in [1.807, 2.05) is 95.9 Å². The van der Waals surface area contributed by atoms with Crippen LogP contribution in [0.3, 0.4) is 0 Å². The first-order valence-electron chi connectivity index (χ1n) is 22.5. The summed E-state index contributed by atoms with van der Waals surface area (Å²) >= 11 is 0. The molecule has 0 aliphatic heterocycles. The van der Waals surface area contributed by atoms with E-state index in [4.69, 9.17) is 4.42 Å². The molecule has 12 rings (SSSR count). The lowest BCUT2D eigenvalue weighted by atomic mass is 9.98. The Hall–Kier alpha value is -8.14. The van der Waals surface area contributed by atoms with E-state index in [1.165, 1.54) is 10.8 Å².